The SMILES string of the molecule is CC(C)N(CCOc1ccc(C(c2cccc(Cl)c2)c2cccs2)cc1)C(C)C. The van der Waals surface area contributed by atoms with Gasteiger partial charge in [0.25, 0.3) is 0 Å². The molecular formula is C25H30ClNOS. The fourth-order valence-electron chi connectivity index (χ4n) is 3.80. The van der Waals surface area contributed by atoms with E-state index in [0.29, 0.717) is 18.7 Å². The van der Waals surface area contributed by atoms with Crippen LogP contribution in [0.25, 0.3) is 0 Å². The van der Waals surface area contributed by atoms with Crippen molar-refractivity contribution in [3.8, 4) is 5.75 Å². The molecule has 29 heavy (non-hydrogen) atoms. The van der Waals surface area contributed by atoms with Gasteiger partial charge in [0.1, 0.15) is 12.4 Å². The first kappa shape index (κ1) is 21.9. The van der Waals surface area contributed by atoms with Crippen LogP contribution in [0.4, 0.5) is 0 Å². The topological polar surface area (TPSA) is 12.5 Å². The molecule has 0 aliphatic rings. The first-order chi connectivity index (χ1) is 14.0. The van der Waals surface area contributed by atoms with Crippen molar-refractivity contribution in [3.63, 3.8) is 0 Å². The summed E-state index contributed by atoms with van der Waals surface area (Å²) in [7, 11) is 0. The molecule has 3 aromatic rings. The average Bonchev–Trinajstić information content (AvgIpc) is 3.20. The summed E-state index contributed by atoms with van der Waals surface area (Å²) in [6.45, 7) is 10.5. The van der Waals surface area contributed by atoms with Crippen molar-refractivity contribution in [2.45, 2.75) is 45.7 Å². The van der Waals surface area contributed by atoms with E-state index in [0.717, 1.165) is 17.3 Å². The van der Waals surface area contributed by atoms with Gasteiger partial charge in [-0.1, -0.05) is 41.9 Å². The lowest BCUT2D eigenvalue weighted by molar-refractivity contribution is 0.142. The molecule has 0 saturated carbocycles. The predicted octanol–water partition coefficient (Wildman–Crippen LogP) is 7.08. The Morgan fingerprint density at radius 3 is 2.21 bits per heavy atom. The van der Waals surface area contributed by atoms with Crippen LogP contribution in [0.2, 0.25) is 5.02 Å². The van der Waals surface area contributed by atoms with Gasteiger partial charge in [-0.2, -0.15) is 0 Å². The summed E-state index contributed by atoms with van der Waals surface area (Å²) in [4.78, 5) is 3.76. The molecule has 1 atom stereocenters. The molecule has 2 nitrogen and oxygen atoms in total. The minimum atomic E-state index is 0.181. The summed E-state index contributed by atoms with van der Waals surface area (Å²) in [5, 5.41) is 2.89. The molecule has 0 saturated heterocycles. The molecule has 3 rings (SSSR count). The van der Waals surface area contributed by atoms with E-state index in [2.05, 4.69) is 86.5 Å². The van der Waals surface area contributed by atoms with Gasteiger partial charge in [-0.3, -0.25) is 4.90 Å². The van der Waals surface area contributed by atoms with E-state index in [9.17, 15) is 0 Å². The summed E-state index contributed by atoms with van der Waals surface area (Å²) >= 11 is 8.04. The Balaban J connectivity index is 1.73. The molecule has 0 bridgehead atoms. The third-order valence-electron chi connectivity index (χ3n) is 5.17. The fraction of sp³-hybridized carbons (Fsp3) is 0.360. The summed E-state index contributed by atoms with van der Waals surface area (Å²) in [5.74, 6) is 1.09. The normalized spacial score (nSPS) is 12.7. The average molecular weight is 428 g/mol. The maximum absolute atomic E-state index is 6.27. The molecule has 4 heteroatoms. The zero-order valence-electron chi connectivity index (χ0n) is 17.6. The Labute approximate surface area is 184 Å². The standard InChI is InChI=1S/C25H30ClNOS/c1-18(2)27(19(3)4)14-15-28-23-12-10-20(11-13-23)25(24-9-6-16-29-24)21-7-5-8-22(26)17-21/h5-13,16-19,25H,14-15H2,1-4H3. The fourth-order valence-corrected chi connectivity index (χ4v) is 4.88. The number of thiophene rings is 1. The molecule has 1 unspecified atom stereocenters. The van der Waals surface area contributed by atoms with E-state index < -0.39 is 0 Å². The van der Waals surface area contributed by atoms with Gasteiger partial charge in [-0.25, -0.2) is 0 Å². The highest BCUT2D eigenvalue weighted by molar-refractivity contribution is 7.10. The van der Waals surface area contributed by atoms with Gasteiger partial charge in [0.15, 0.2) is 0 Å². The summed E-state index contributed by atoms with van der Waals surface area (Å²) in [6.07, 6.45) is 0. The maximum atomic E-state index is 6.27. The lowest BCUT2D eigenvalue weighted by Crippen LogP contribution is -2.39. The number of rotatable bonds is 9. The number of halogens is 1. The molecule has 154 valence electrons. The molecular weight excluding hydrogens is 398 g/mol. The Morgan fingerprint density at radius 1 is 0.897 bits per heavy atom. The Hall–Kier alpha value is -1.81. The van der Waals surface area contributed by atoms with Gasteiger partial charge in [-0.15, -0.1) is 11.3 Å². The summed E-state index contributed by atoms with van der Waals surface area (Å²) < 4.78 is 6.03. The highest BCUT2D eigenvalue weighted by Gasteiger charge is 2.18. The van der Waals surface area contributed by atoms with Gasteiger partial charge in [0.05, 0.1) is 0 Å². The van der Waals surface area contributed by atoms with Crippen LogP contribution in [-0.4, -0.2) is 30.1 Å². The zero-order valence-corrected chi connectivity index (χ0v) is 19.2. The lowest BCUT2D eigenvalue weighted by atomic mass is 9.90. The van der Waals surface area contributed by atoms with Crippen LogP contribution in [0.3, 0.4) is 0 Å². The monoisotopic (exact) mass is 427 g/mol. The first-order valence-electron chi connectivity index (χ1n) is 10.2. The molecule has 0 N–H and O–H groups in total. The number of ether oxygens (including phenoxy) is 1. The van der Waals surface area contributed by atoms with Gasteiger partial charge < -0.3 is 4.74 Å². The minimum Gasteiger partial charge on any atom is -0.492 e. The molecule has 0 amide bonds. The molecule has 0 fully saturated rings. The second-order valence-corrected chi connectivity index (χ2v) is 9.26. The maximum Gasteiger partial charge on any atom is 0.119 e. The highest BCUT2D eigenvalue weighted by Crippen LogP contribution is 2.36. The second-order valence-electron chi connectivity index (χ2n) is 7.85. The van der Waals surface area contributed by atoms with Crippen molar-refractivity contribution < 1.29 is 4.74 Å². The number of hydrogen-bond donors (Lipinski definition) is 0. The van der Waals surface area contributed by atoms with Crippen molar-refractivity contribution in [2.75, 3.05) is 13.2 Å². The van der Waals surface area contributed by atoms with Crippen LogP contribution < -0.4 is 4.74 Å². The third-order valence-corrected chi connectivity index (χ3v) is 6.34. The van der Waals surface area contributed by atoms with Gasteiger partial charge >= 0.3 is 0 Å². The number of hydrogen-bond acceptors (Lipinski definition) is 3. The molecule has 0 aliphatic carbocycles. The van der Waals surface area contributed by atoms with Crippen LogP contribution in [0, 0.1) is 0 Å². The number of benzene rings is 2. The summed E-state index contributed by atoms with van der Waals surface area (Å²) in [5.41, 5.74) is 2.45. The van der Waals surface area contributed by atoms with Crippen molar-refractivity contribution in [1.82, 2.24) is 4.90 Å². The van der Waals surface area contributed by atoms with Gasteiger partial charge in [0.2, 0.25) is 0 Å². The van der Waals surface area contributed by atoms with Crippen molar-refractivity contribution in [1.29, 1.82) is 0 Å². The largest absolute Gasteiger partial charge is 0.492 e. The molecule has 1 aromatic heterocycles. The van der Waals surface area contributed by atoms with Crippen LogP contribution >= 0.6 is 22.9 Å². The van der Waals surface area contributed by atoms with E-state index in [1.54, 1.807) is 11.3 Å². The van der Waals surface area contributed by atoms with Crippen LogP contribution in [-0.2, 0) is 0 Å². The van der Waals surface area contributed by atoms with Crippen LogP contribution in [0.5, 0.6) is 5.75 Å². The van der Waals surface area contributed by atoms with Crippen molar-refractivity contribution in [2.24, 2.45) is 0 Å². The first-order valence-corrected chi connectivity index (χ1v) is 11.5. The van der Waals surface area contributed by atoms with E-state index in [4.69, 9.17) is 16.3 Å². The van der Waals surface area contributed by atoms with Crippen LogP contribution in [0.1, 0.15) is 49.6 Å². The molecule has 1 heterocycles. The van der Waals surface area contributed by atoms with Gasteiger partial charge in [0, 0.05) is 34.4 Å². The quantitative estimate of drug-likeness (QED) is 0.361. The predicted molar refractivity (Wildman–Crippen MR) is 126 cm³/mol. The van der Waals surface area contributed by atoms with Gasteiger partial charge in [-0.05, 0) is 74.5 Å². The molecule has 0 spiro atoms. The van der Waals surface area contributed by atoms with Crippen molar-refractivity contribution in [3.05, 3.63) is 87.1 Å². The molecule has 0 aliphatic heterocycles. The third kappa shape index (κ3) is 5.85. The van der Waals surface area contributed by atoms with Crippen LogP contribution in [0.15, 0.2) is 66.0 Å². The Kier molecular flexibility index (Phi) is 7.77. The lowest BCUT2D eigenvalue weighted by Gasteiger charge is -2.30. The molecule has 0 radical (unpaired) electrons. The Morgan fingerprint density at radius 2 is 1.62 bits per heavy atom. The van der Waals surface area contributed by atoms with E-state index in [1.807, 2.05) is 12.1 Å². The smallest absolute Gasteiger partial charge is 0.119 e. The summed E-state index contributed by atoms with van der Waals surface area (Å²) in [6, 6.07) is 22.0. The zero-order chi connectivity index (χ0) is 20.8. The van der Waals surface area contributed by atoms with E-state index >= 15 is 0 Å². The minimum absolute atomic E-state index is 0.181. The van der Waals surface area contributed by atoms with E-state index in [1.165, 1.54) is 16.0 Å². The van der Waals surface area contributed by atoms with E-state index in [-0.39, 0.29) is 5.92 Å². The highest BCUT2D eigenvalue weighted by atomic mass is 35.5. The number of nitrogens with zero attached hydrogens (tertiary/aromatic N) is 1. The molecule has 2 aromatic carbocycles. The van der Waals surface area contributed by atoms with Crippen molar-refractivity contribution >= 4 is 22.9 Å². The second kappa shape index (κ2) is 10.3. The Bertz CT molecular complexity index is 866.